The number of nitrogens with one attached hydrogen (secondary N) is 1. The van der Waals surface area contributed by atoms with E-state index in [4.69, 9.17) is 21.1 Å². The maximum absolute atomic E-state index is 12.0. The van der Waals surface area contributed by atoms with Gasteiger partial charge < -0.3 is 19.9 Å². The number of carbonyl (C=O) groups excluding carboxylic acids is 1. The van der Waals surface area contributed by atoms with Crippen LogP contribution in [0, 0.1) is 0 Å². The summed E-state index contributed by atoms with van der Waals surface area (Å²) in [4.78, 5) is 12.5. The lowest BCUT2D eigenvalue weighted by Crippen LogP contribution is -2.57. The zero-order valence-electron chi connectivity index (χ0n) is 10.2. The summed E-state index contributed by atoms with van der Waals surface area (Å²) in [7, 11) is 2.99. The van der Waals surface area contributed by atoms with Crippen molar-refractivity contribution in [3.05, 3.63) is 21.3 Å². The second kappa shape index (κ2) is 7.06. The van der Waals surface area contributed by atoms with E-state index in [9.17, 15) is 9.90 Å². The Labute approximate surface area is 115 Å². The Morgan fingerprint density at radius 3 is 2.44 bits per heavy atom. The Hall–Kier alpha value is -0.660. The topological polar surface area (TPSA) is 67.8 Å². The van der Waals surface area contributed by atoms with Gasteiger partial charge in [0.1, 0.15) is 5.54 Å². The van der Waals surface area contributed by atoms with Crippen molar-refractivity contribution in [3.8, 4) is 0 Å². The van der Waals surface area contributed by atoms with Crippen LogP contribution in [0.5, 0.6) is 0 Å². The maximum atomic E-state index is 12.0. The second-order valence-electron chi connectivity index (χ2n) is 3.86. The molecule has 2 N–H and O–H groups in total. The van der Waals surface area contributed by atoms with Gasteiger partial charge in [0.05, 0.1) is 29.0 Å². The van der Waals surface area contributed by atoms with Crippen LogP contribution in [0.4, 0.5) is 0 Å². The molecule has 1 amide bonds. The first-order valence-corrected chi connectivity index (χ1v) is 6.43. The zero-order valence-corrected chi connectivity index (χ0v) is 11.8. The van der Waals surface area contributed by atoms with E-state index < -0.39 is 5.54 Å². The third-order valence-electron chi connectivity index (χ3n) is 2.32. The molecular weight excluding hydrogens is 278 g/mol. The van der Waals surface area contributed by atoms with Crippen molar-refractivity contribution >= 4 is 28.8 Å². The molecule has 102 valence electrons. The van der Waals surface area contributed by atoms with Gasteiger partial charge in [-0.25, -0.2) is 0 Å². The molecule has 1 heterocycles. The predicted octanol–water partition coefficient (Wildman–Crippen LogP) is 1.16. The highest BCUT2D eigenvalue weighted by Gasteiger charge is 2.32. The number of rotatable bonds is 7. The summed E-state index contributed by atoms with van der Waals surface area (Å²) in [6, 6.07) is 3.28. The number of halogens is 1. The third-order valence-corrected chi connectivity index (χ3v) is 3.55. The van der Waals surface area contributed by atoms with E-state index in [2.05, 4.69) is 5.32 Å². The number of methoxy groups -OCH3 is 2. The van der Waals surface area contributed by atoms with Crippen molar-refractivity contribution in [3.63, 3.8) is 0 Å². The molecule has 0 fully saturated rings. The third kappa shape index (κ3) is 3.93. The molecule has 0 unspecified atom stereocenters. The molecule has 0 atom stereocenters. The molecule has 0 aliphatic rings. The molecule has 1 aromatic rings. The number of ether oxygens (including phenoxy) is 2. The number of carbonyl (C=O) groups is 1. The Bertz CT molecular complexity index is 390. The molecule has 0 bridgehead atoms. The van der Waals surface area contributed by atoms with Gasteiger partial charge in [0.2, 0.25) is 0 Å². The zero-order chi connectivity index (χ0) is 13.6. The fourth-order valence-corrected chi connectivity index (χ4v) is 2.47. The molecule has 0 saturated heterocycles. The van der Waals surface area contributed by atoms with Crippen LogP contribution in [0.1, 0.15) is 9.67 Å². The van der Waals surface area contributed by atoms with Gasteiger partial charge >= 0.3 is 0 Å². The smallest absolute Gasteiger partial charge is 0.262 e. The van der Waals surface area contributed by atoms with Crippen LogP contribution in [0.2, 0.25) is 4.34 Å². The number of aliphatic hydroxyl groups is 1. The average molecular weight is 294 g/mol. The fourth-order valence-electron chi connectivity index (χ4n) is 1.54. The van der Waals surface area contributed by atoms with Gasteiger partial charge in [-0.15, -0.1) is 11.3 Å². The van der Waals surface area contributed by atoms with Crippen LogP contribution in [-0.2, 0) is 9.47 Å². The average Bonchev–Trinajstić information content (AvgIpc) is 2.76. The van der Waals surface area contributed by atoms with Crippen LogP contribution >= 0.6 is 22.9 Å². The molecule has 1 aromatic heterocycles. The summed E-state index contributed by atoms with van der Waals surface area (Å²) in [5, 5.41) is 12.2. The molecule has 0 aliphatic heterocycles. The number of amides is 1. The minimum absolute atomic E-state index is 0.155. The fraction of sp³-hybridized carbons (Fsp3) is 0.545. The normalized spacial score (nSPS) is 11.6. The largest absolute Gasteiger partial charge is 0.394 e. The first kappa shape index (κ1) is 15.4. The highest BCUT2D eigenvalue weighted by molar-refractivity contribution is 7.18. The number of aliphatic hydroxyl groups excluding tert-OH is 1. The number of hydrogen-bond acceptors (Lipinski definition) is 5. The summed E-state index contributed by atoms with van der Waals surface area (Å²) in [6.45, 7) is 0.0316. The molecular formula is C11H16ClNO4S. The molecule has 0 spiro atoms. The summed E-state index contributed by atoms with van der Waals surface area (Å²) >= 11 is 6.94. The first-order valence-electron chi connectivity index (χ1n) is 5.23. The Kier molecular flexibility index (Phi) is 6.04. The summed E-state index contributed by atoms with van der Waals surface area (Å²) in [6.07, 6.45) is 0. The molecule has 0 aliphatic carbocycles. The standard InChI is InChI=1S/C11H16ClNO4S/c1-16-6-11(5-14,7-17-2)13-10(15)8-3-4-9(12)18-8/h3-4,14H,5-7H2,1-2H3,(H,13,15). The van der Waals surface area contributed by atoms with Crippen LogP contribution in [0.25, 0.3) is 0 Å². The Morgan fingerprint density at radius 1 is 1.44 bits per heavy atom. The lowest BCUT2D eigenvalue weighted by molar-refractivity contribution is 0.00864. The monoisotopic (exact) mass is 293 g/mol. The minimum atomic E-state index is -0.947. The predicted molar refractivity (Wildman–Crippen MR) is 70.4 cm³/mol. The van der Waals surface area contributed by atoms with Gasteiger partial charge in [-0.3, -0.25) is 4.79 Å². The molecule has 0 aromatic carbocycles. The van der Waals surface area contributed by atoms with Gasteiger partial charge in [0, 0.05) is 14.2 Å². The van der Waals surface area contributed by atoms with Crippen LogP contribution in [0.3, 0.4) is 0 Å². The van der Waals surface area contributed by atoms with E-state index in [1.807, 2.05) is 0 Å². The summed E-state index contributed by atoms with van der Waals surface area (Å²) < 4.78 is 10.6. The van der Waals surface area contributed by atoms with Gasteiger partial charge in [-0.1, -0.05) is 11.6 Å². The van der Waals surface area contributed by atoms with Gasteiger partial charge in [-0.2, -0.15) is 0 Å². The molecule has 0 radical (unpaired) electrons. The van der Waals surface area contributed by atoms with E-state index >= 15 is 0 Å². The van der Waals surface area contributed by atoms with Gasteiger partial charge in [0.15, 0.2) is 0 Å². The van der Waals surface area contributed by atoms with Crippen LogP contribution in [0.15, 0.2) is 12.1 Å². The van der Waals surface area contributed by atoms with E-state index in [1.165, 1.54) is 25.6 Å². The lowest BCUT2D eigenvalue weighted by atomic mass is 10.0. The van der Waals surface area contributed by atoms with E-state index in [0.717, 1.165) is 0 Å². The van der Waals surface area contributed by atoms with E-state index in [1.54, 1.807) is 12.1 Å². The molecule has 7 heteroatoms. The lowest BCUT2D eigenvalue weighted by Gasteiger charge is -2.31. The molecule has 1 rings (SSSR count). The molecule has 18 heavy (non-hydrogen) atoms. The van der Waals surface area contributed by atoms with Gasteiger partial charge in [0.25, 0.3) is 5.91 Å². The number of thiophene rings is 1. The second-order valence-corrected chi connectivity index (χ2v) is 5.58. The maximum Gasteiger partial charge on any atom is 0.262 e. The molecule has 0 saturated carbocycles. The van der Waals surface area contributed by atoms with Crippen molar-refractivity contribution in [1.29, 1.82) is 0 Å². The first-order chi connectivity index (χ1) is 8.56. The van der Waals surface area contributed by atoms with E-state index in [-0.39, 0.29) is 25.7 Å². The van der Waals surface area contributed by atoms with Crippen LogP contribution in [-0.4, -0.2) is 50.6 Å². The van der Waals surface area contributed by atoms with E-state index in [0.29, 0.717) is 9.21 Å². The summed E-state index contributed by atoms with van der Waals surface area (Å²) in [5.41, 5.74) is -0.947. The Balaban J connectivity index is 2.79. The van der Waals surface area contributed by atoms with Gasteiger partial charge in [-0.05, 0) is 12.1 Å². The minimum Gasteiger partial charge on any atom is -0.394 e. The quantitative estimate of drug-likeness (QED) is 0.791. The van der Waals surface area contributed by atoms with Crippen molar-refractivity contribution in [2.45, 2.75) is 5.54 Å². The van der Waals surface area contributed by atoms with Crippen molar-refractivity contribution in [2.75, 3.05) is 34.0 Å². The van der Waals surface area contributed by atoms with Crippen molar-refractivity contribution in [2.24, 2.45) is 0 Å². The Morgan fingerprint density at radius 2 is 2.06 bits per heavy atom. The number of hydrogen-bond donors (Lipinski definition) is 2. The SMILES string of the molecule is COCC(CO)(COC)NC(=O)c1ccc(Cl)s1. The van der Waals surface area contributed by atoms with Crippen LogP contribution < -0.4 is 5.32 Å². The highest BCUT2D eigenvalue weighted by atomic mass is 35.5. The van der Waals surface area contributed by atoms with Crippen molar-refractivity contribution < 1.29 is 19.4 Å². The highest BCUT2D eigenvalue weighted by Crippen LogP contribution is 2.22. The molecule has 5 nitrogen and oxygen atoms in total. The summed E-state index contributed by atoms with van der Waals surface area (Å²) in [5.74, 6) is -0.310. The van der Waals surface area contributed by atoms with Crippen molar-refractivity contribution in [1.82, 2.24) is 5.32 Å².